The molecule has 2 aromatic heterocycles. The molecule has 0 atom stereocenters. The van der Waals surface area contributed by atoms with Gasteiger partial charge in [0.05, 0.1) is 20.0 Å². The minimum atomic E-state index is -0.518. The molecule has 2 aromatic carbocycles. The second kappa shape index (κ2) is 7.60. The fraction of sp³-hybridized carbons (Fsp3) is 0.111. The molecule has 9 nitrogen and oxygen atoms in total. The van der Waals surface area contributed by atoms with Crippen LogP contribution in [0, 0.1) is 17.0 Å². The highest BCUT2D eigenvalue weighted by Crippen LogP contribution is 2.34. The number of anilines is 1. The van der Waals surface area contributed by atoms with Gasteiger partial charge in [-0.15, -0.1) is 10.2 Å². The summed E-state index contributed by atoms with van der Waals surface area (Å²) >= 11 is 2.46. The molecule has 0 unspecified atom stereocenters. The Kier molecular flexibility index (Phi) is 4.99. The standard InChI is InChI=1S/C18H14N6O3S2/c1-10-3-5-12-15(7-10)28-17(20-12)21-16(25)11-4-6-14(13(8-11)24(26)27)29-18-22-19-9-23(18)2/h3-9H,1-2H3,(H,20,21,25). The molecule has 0 aliphatic heterocycles. The van der Waals surface area contributed by atoms with Crippen molar-refractivity contribution in [1.29, 1.82) is 0 Å². The molecule has 2 heterocycles. The van der Waals surface area contributed by atoms with Gasteiger partial charge in [-0.25, -0.2) is 4.98 Å². The lowest BCUT2D eigenvalue weighted by Gasteiger charge is -2.05. The third-order valence-corrected chi connectivity index (χ3v) is 6.10. The van der Waals surface area contributed by atoms with E-state index in [1.807, 2.05) is 25.1 Å². The van der Waals surface area contributed by atoms with Gasteiger partial charge < -0.3 is 4.57 Å². The average molecular weight is 426 g/mol. The monoisotopic (exact) mass is 426 g/mol. The highest BCUT2D eigenvalue weighted by molar-refractivity contribution is 7.99. The fourth-order valence-corrected chi connectivity index (χ4v) is 4.41. The van der Waals surface area contributed by atoms with Gasteiger partial charge in [-0.05, 0) is 48.5 Å². The third-order valence-electron chi connectivity index (χ3n) is 4.05. The van der Waals surface area contributed by atoms with Crippen LogP contribution in [0.4, 0.5) is 10.8 Å². The van der Waals surface area contributed by atoms with Gasteiger partial charge in [-0.2, -0.15) is 0 Å². The Balaban J connectivity index is 1.60. The van der Waals surface area contributed by atoms with Crippen LogP contribution in [0.25, 0.3) is 10.2 Å². The Morgan fingerprint density at radius 2 is 2.10 bits per heavy atom. The molecule has 146 valence electrons. The van der Waals surface area contributed by atoms with E-state index in [1.54, 1.807) is 17.7 Å². The molecule has 0 radical (unpaired) electrons. The smallest absolute Gasteiger partial charge is 0.284 e. The van der Waals surface area contributed by atoms with Crippen LogP contribution in [0.5, 0.6) is 0 Å². The van der Waals surface area contributed by atoms with E-state index >= 15 is 0 Å². The van der Waals surface area contributed by atoms with Crippen molar-refractivity contribution < 1.29 is 9.72 Å². The number of benzene rings is 2. The van der Waals surface area contributed by atoms with Crippen LogP contribution in [0.2, 0.25) is 0 Å². The van der Waals surface area contributed by atoms with Gasteiger partial charge in [0, 0.05) is 18.7 Å². The minimum Gasteiger partial charge on any atom is -0.311 e. The Hall–Kier alpha value is -3.31. The first-order valence-electron chi connectivity index (χ1n) is 8.39. The van der Waals surface area contributed by atoms with Gasteiger partial charge in [0.25, 0.3) is 11.6 Å². The highest BCUT2D eigenvalue weighted by Gasteiger charge is 2.20. The van der Waals surface area contributed by atoms with Crippen molar-refractivity contribution in [3.8, 4) is 0 Å². The SMILES string of the molecule is Cc1ccc2nc(NC(=O)c3ccc(Sc4nncn4C)c([N+](=O)[O-])c3)sc2c1. The molecule has 1 amide bonds. The van der Waals surface area contributed by atoms with E-state index in [0.29, 0.717) is 15.2 Å². The van der Waals surface area contributed by atoms with Crippen molar-refractivity contribution in [3.63, 3.8) is 0 Å². The molecule has 0 spiro atoms. The van der Waals surface area contributed by atoms with Crippen molar-refractivity contribution in [3.05, 3.63) is 64.0 Å². The van der Waals surface area contributed by atoms with E-state index in [0.717, 1.165) is 27.5 Å². The van der Waals surface area contributed by atoms with Gasteiger partial charge in [-0.3, -0.25) is 20.2 Å². The summed E-state index contributed by atoms with van der Waals surface area (Å²) in [4.78, 5) is 28.4. The number of aromatic nitrogens is 4. The van der Waals surface area contributed by atoms with Gasteiger partial charge >= 0.3 is 0 Å². The van der Waals surface area contributed by atoms with Gasteiger partial charge in [0.15, 0.2) is 10.3 Å². The normalized spacial score (nSPS) is 11.0. The molecule has 0 fully saturated rings. The van der Waals surface area contributed by atoms with Crippen LogP contribution in [0.1, 0.15) is 15.9 Å². The largest absolute Gasteiger partial charge is 0.311 e. The maximum atomic E-state index is 12.6. The lowest BCUT2D eigenvalue weighted by atomic mass is 10.2. The number of nitrogens with one attached hydrogen (secondary N) is 1. The number of nitro groups is 1. The highest BCUT2D eigenvalue weighted by atomic mass is 32.2. The Bertz CT molecular complexity index is 1250. The lowest BCUT2D eigenvalue weighted by Crippen LogP contribution is -2.12. The second-order valence-electron chi connectivity index (χ2n) is 6.21. The molecule has 4 aromatic rings. The number of carbonyl (C=O) groups is 1. The van der Waals surface area contributed by atoms with Crippen LogP contribution >= 0.6 is 23.1 Å². The minimum absolute atomic E-state index is 0.175. The molecule has 0 saturated carbocycles. The van der Waals surface area contributed by atoms with Gasteiger partial charge in [0.2, 0.25) is 0 Å². The van der Waals surface area contributed by atoms with Crippen LogP contribution < -0.4 is 5.32 Å². The number of hydrogen-bond donors (Lipinski definition) is 1. The molecular formula is C18H14N6O3S2. The van der Waals surface area contributed by atoms with Crippen LogP contribution in [-0.4, -0.2) is 30.6 Å². The van der Waals surface area contributed by atoms with Crippen LogP contribution in [0.15, 0.2) is 52.8 Å². The first-order valence-corrected chi connectivity index (χ1v) is 10.0. The van der Waals surface area contributed by atoms with E-state index in [-0.39, 0.29) is 11.3 Å². The molecular weight excluding hydrogens is 412 g/mol. The van der Waals surface area contributed by atoms with Crippen LogP contribution in [0.3, 0.4) is 0 Å². The van der Waals surface area contributed by atoms with E-state index in [4.69, 9.17) is 0 Å². The molecule has 4 rings (SSSR count). The molecule has 0 aliphatic rings. The fourth-order valence-electron chi connectivity index (χ4n) is 2.61. The second-order valence-corrected chi connectivity index (χ2v) is 8.25. The van der Waals surface area contributed by atoms with Crippen molar-refractivity contribution in [2.45, 2.75) is 17.0 Å². The number of rotatable bonds is 5. The zero-order valence-electron chi connectivity index (χ0n) is 15.3. The number of nitrogens with zero attached hydrogens (tertiary/aromatic N) is 5. The molecule has 0 aliphatic carbocycles. The maximum Gasteiger partial charge on any atom is 0.284 e. The van der Waals surface area contributed by atoms with E-state index in [1.165, 1.54) is 29.8 Å². The first kappa shape index (κ1) is 19.0. The van der Waals surface area contributed by atoms with Crippen molar-refractivity contribution >= 4 is 50.0 Å². The summed E-state index contributed by atoms with van der Waals surface area (Å²) in [7, 11) is 1.75. The molecule has 1 N–H and O–H groups in total. The Morgan fingerprint density at radius 1 is 1.28 bits per heavy atom. The number of fused-ring (bicyclic) bond motifs is 1. The van der Waals surface area contributed by atoms with E-state index in [9.17, 15) is 14.9 Å². The topological polar surface area (TPSA) is 116 Å². The number of hydrogen-bond acceptors (Lipinski definition) is 8. The number of thiazole rings is 1. The lowest BCUT2D eigenvalue weighted by molar-refractivity contribution is -0.387. The maximum absolute atomic E-state index is 12.6. The predicted molar refractivity (Wildman–Crippen MR) is 111 cm³/mol. The summed E-state index contributed by atoms with van der Waals surface area (Å²) in [5.41, 5.74) is 1.89. The van der Waals surface area contributed by atoms with Crippen LogP contribution in [-0.2, 0) is 7.05 Å². The predicted octanol–water partition coefficient (Wildman–Crippen LogP) is 4.04. The molecule has 29 heavy (non-hydrogen) atoms. The first-order chi connectivity index (χ1) is 13.9. The summed E-state index contributed by atoms with van der Waals surface area (Å²) in [6, 6.07) is 10.2. The number of nitro benzene ring substituents is 1. The van der Waals surface area contributed by atoms with Gasteiger partial charge in [0.1, 0.15) is 6.33 Å². The summed E-state index contributed by atoms with van der Waals surface area (Å²) < 4.78 is 2.62. The Morgan fingerprint density at radius 3 is 2.83 bits per heavy atom. The third kappa shape index (κ3) is 3.96. The van der Waals surface area contributed by atoms with Crippen molar-refractivity contribution in [2.75, 3.05) is 5.32 Å². The summed E-state index contributed by atoms with van der Waals surface area (Å²) in [5.74, 6) is -0.459. The van der Waals surface area contributed by atoms with Crippen molar-refractivity contribution in [1.82, 2.24) is 19.7 Å². The number of aryl methyl sites for hydroxylation is 2. The van der Waals surface area contributed by atoms with Gasteiger partial charge in [-0.1, -0.05) is 17.4 Å². The average Bonchev–Trinajstić information content (AvgIpc) is 3.26. The quantitative estimate of drug-likeness (QED) is 0.378. The van der Waals surface area contributed by atoms with E-state index < -0.39 is 10.8 Å². The molecule has 0 saturated heterocycles. The number of amides is 1. The molecule has 11 heteroatoms. The summed E-state index contributed by atoms with van der Waals surface area (Å²) in [6.07, 6.45) is 1.51. The molecule has 0 bridgehead atoms. The zero-order valence-corrected chi connectivity index (χ0v) is 17.0. The zero-order chi connectivity index (χ0) is 20.5. The summed E-state index contributed by atoms with van der Waals surface area (Å²) in [5, 5.41) is 22.9. The van der Waals surface area contributed by atoms with Crippen molar-refractivity contribution in [2.24, 2.45) is 7.05 Å². The Labute approximate surface area is 172 Å². The van der Waals surface area contributed by atoms with E-state index in [2.05, 4.69) is 20.5 Å². The summed E-state index contributed by atoms with van der Waals surface area (Å²) in [6.45, 7) is 1.98. The number of carbonyl (C=O) groups excluding carboxylic acids is 1.